The third kappa shape index (κ3) is 3.44. The molecule has 2 aromatic rings. The topological polar surface area (TPSA) is 114 Å². The molecule has 0 spiro atoms. The summed E-state index contributed by atoms with van der Waals surface area (Å²) in [4.78, 5) is 25.9. The maximum atomic E-state index is 13.3. The molecule has 2 aromatic carbocycles. The lowest BCUT2D eigenvalue weighted by Gasteiger charge is -2.39. The summed E-state index contributed by atoms with van der Waals surface area (Å²) in [5.74, 6) is -0.479. The summed E-state index contributed by atoms with van der Waals surface area (Å²) in [5, 5.41) is 25.0. The fourth-order valence-electron chi connectivity index (χ4n) is 3.85. The van der Waals surface area contributed by atoms with E-state index >= 15 is 0 Å². The first-order valence-electron chi connectivity index (χ1n) is 9.33. The second-order valence-corrected chi connectivity index (χ2v) is 7.02. The number of fused-ring (bicyclic) bond motifs is 1. The van der Waals surface area contributed by atoms with Crippen molar-refractivity contribution in [1.29, 1.82) is 0 Å². The number of rotatable bonds is 5. The Morgan fingerprint density at radius 2 is 2.17 bits per heavy atom. The van der Waals surface area contributed by atoms with Gasteiger partial charge in [0.15, 0.2) is 11.5 Å². The molecule has 29 heavy (non-hydrogen) atoms. The fraction of sp³-hybridized carbons (Fsp3) is 0.350. The van der Waals surface area contributed by atoms with Gasteiger partial charge in [0.1, 0.15) is 6.17 Å². The minimum absolute atomic E-state index is 0.0933. The zero-order valence-corrected chi connectivity index (χ0v) is 15.8. The molecule has 2 heterocycles. The van der Waals surface area contributed by atoms with Crippen molar-refractivity contribution in [2.24, 2.45) is 0 Å². The first kappa shape index (κ1) is 19.0. The molecular weight excluding hydrogens is 378 g/mol. The number of amides is 1. The number of benzene rings is 2. The number of nitrogens with zero attached hydrogens (tertiary/aromatic N) is 2. The lowest BCUT2D eigenvalue weighted by Crippen LogP contribution is -2.46. The van der Waals surface area contributed by atoms with Crippen LogP contribution in [0.25, 0.3) is 0 Å². The Labute approximate surface area is 167 Å². The van der Waals surface area contributed by atoms with Crippen molar-refractivity contribution in [3.63, 3.8) is 0 Å². The van der Waals surface area contributed by atoms with E-state index in [1.54, 1.807) is 29.2 Å². The molecule has 2 N–H and O–H groups in total. The maximum Gasteiger partial charge on any atom is 0.280 e. The van der Waals surface area contributed by atoms with E-state index in [0.29, 0.717) is 24.4 Å². The van der Waals surface area contributed by atoms with Crippen molar-refractivity contribution in [3.05, 3.63) is 57.6 Å². The highest BCUT2D eigenvalue weighted by molar-refractivity contribution is 6.01. The van der Waals surface area contributed by atoms with Crippen molar-refractivity contribution in [2.75, 3.05) is 25.6 Å². The van der Waals surface area contributed by atoms with Crippen LogP contribution in [-0.4, -0.2) is 47.2 Å². The zero-order chi connectivity index (χ0) is 20.5. The SMILES string of the molecule is COc1cc([C@@H]2Nc3ccccc3C(=O)N2C[C@@H]2CCCO2)c([N+](=O)[O-])cc1O. The van der Waals surface area contributed by atoms with Gasteiger partial charge in [-0.15, -0.1) is 0 Å². The van der Waals surface area contributed by atoms with Crippen molar-refractivity contribution in [1.82, 2.24) is 4.90 Å². The smallest absolute Gasteiger partial charge is 0.280 e. The minimum atomic E-state index is -0.809. The highest BCUT2D eigenvalue weighted by Crippen LogP contribution is 2.41. The monoisotopic (exact) mass is 399 g/mol. The molecule has 2 atom stereocenters. The van der Waals surface area contributed by atoms with E-state index in [1.165, 1.54) is 13.2 Å². The molecule has 2 aliphatic rings. The molecule has 9 heteroatoms. The molecule has 4 rings (SSSR count). The average molecular weight is 399 g/mol. The molecule has 9 nitrogen and oxygen atoms in total. The van der Waals surface area contributed by atoms with Crippen LogP contribution in [0.1, 0.15) is 34.9 Å². The summed E-state index contributed by atoms with van der Waals surface area (Å²) >= 11 is 0. The van der Waals surface area contributed by atoms with E-state index in [2.05, 4.69) is 5.32 Å². The van der Waals surface area contributed by atoms with Gasteiger partial charge in [-0.3, -0.25) is 14.9 Å². The summed E-state index contributed by atoms with van der Waals surface area (Å²) in [6, 6.07) is 9.48. The van der Waals surface area contributed by atoms with Crippen LogP contribution in [0.4, 0.5) is 11.4 Å². The van der Waals surface area contributed by atoms with Crippen molar-refractivity contribution in [2.45, 2.75) is 25.1 Å². The second kappa shape index (κ2) is 7.59. The second-order valence-electron chi connectivity index (χ2n) is 7.02. The van der Waals surface area contributed by atoms with Crippen LogP contribution in [0.2, 0.25) is 0 Å². The Morgan fingerprint density at radius 1 is 1.38 bits per heavy atom. The highest BCUT2D eigenvalue weighted by atomic mass is 16.6. The summed E-state index contributed by atoms with van der Waals surface area (Å²) in [6.45, 7) is 0.930. The van der Waals surface area contributed by atoms with Crippen LogP contribution in [0.15, 0.2) is 36.4 Å². The number of phenolic OH excluding ortho intramolecular Hbond substituents is 1. The highest BCUT2D eigenvalue weighted by Gasteiger charge is 2.38. The molecular formula is C20H21N3O6. The fourth-order valence-corrected chi connectivity index (χ4v) is 3.85. The minimum Gasteiger partial charge on any atom is -0.504 e. The normalized spacial score (nSPS) is 20.9. The standard InChI is InChI=1S/C20H21N3O6/c1-28-18-9-14(16(23(26)27)10-17(18)24)19-21-15-7-3-2-6-13(15)20(25)22(19)11-12-5-4-8-29-12/h2-3,6-7,9-10,12,19,21,24H,4-5,8,11H2,1H3/t12-,19+/m0/s1. The van der Waals surface area contributed by atoms with E-state index in [4.69, 9.17) is 9.47 Å². The number of carbonyl (C=O) groups excluding carboxylic acids is 1. The largest absolute Gasteiger partial charge is 0.504 e. The molecule has 0 radical (unpaired) electrons. The van der Waals surface area contributed by atoms with Crippen molar-refractivity contribution >= 4 is 17.3 Å². The number of nitrogens with one attached hydrogen (secondary N) is 1. The van der Waals surface area contributed by atoms with Gasteiger partial charge in [-0.1, -0.05) is 12.1 Å². The zero-order valence-electron chi connectivity index (χ0n) is 15.8. The van der Waals surface area contributed by atoms with Crippen LogP contribution in [0.5, 0.6) is 11.5 Å². The summed E-state index contributed by atoms with van der Waals surface area (Å²) in [7, 11) is 1.36. The first-order valence-corrected chi connectivity index (χ1v) is 9.33. The number of ether oxygens (including phenoxy) is 2. The van der Waals surface area contributed by atoms with Gasteiger partial charge in [-0.2, -0.15) is 0 Å². The maximum absolute atomic E-state index is 13.3. The van der Waals surface area contributed by atoms with Crippen LogP contribution >= 0.6 is 0 Å². The Morgan fingerprint density at radius 3 is 2.86 bits per heavy atom. The first-order chi connectivity index (χ1) is 14.0. The van der Waals surface area contributed by atoms with E-state index in [1.807, 2.05) is 0 Å². The molecule has 152 valence electrons. The number of aromatic hydroxyl groups is 1. The predicted octanol–water partition coefficient (Wildman–Crippen LogP) is 3.05. The van der Waals surface area contributed by atoms with Gasteiger partial charge in [-0.25, -0.2) is 0 Å². The van der Waals surface area contributed by atoms with E-state index in [9.17, 15) is 20.0 Å². The van der Waals surface area contributed by atoms with Gasteiger partial charge < -0.3 is 24.8 Å². The third-order valence-corrected chi connectivity index (χ3v) is 5.27. The van der Waals surface area contributed by atoms with Crippen molar-refractivity contribution < 1.29 is 24.3 Å². The summed E-state index contributed by atoms with van der Waals surface area (Å²) in [6.07, 6.45) is 0.788. The average Bonchev–Trinajstić information content (AvgIpc) is 3.23. The molecule has 2 aliphatic heterocycles. The van der Waals surface area contributed by atoms with Gasteiger partial charge in [0.2, 0.25) is 0 Å². The lowest BCUT2D eigenvalue weighted by molar-refractivity contribution is -0.386. The number of para-hydroxylation sites is 1. The number of methoxy groups -OCH3 is 1. The van der Waals surface area contributed by atoms with E-state index in [-0.39, 0.29) is 34.8 Å². The van der Waals surface area contributed by atoms with Crippen LogP contribution in [0, 0.1) is 10.1 Å². The Bertz CT molecular complexity index is 957. The van der Waals surface area contributed by atoms with Crippen molar-refractivity contribution in [3.8, 4) is 11.5 Å². The predicted molar refractivity (Wildman–Crippen MR) is 104 cm³/mol. The Balaban J connectivity index is 1.83. The summed E-state index contributed by atoms with van der Waals surface area (Å²) < 4.78 is 10.8. The molecule has 1 fully saturated rings. The number of anilines is 1. The van der Waals surface area contributed by atoms with Gasteiger partial charge in [0, 0.05) is 18.8 Å². The Hall–Kier alpha value is -3.33. The van der Waals surface area contributed by atoms with Gasteiger partial charge in [0.05, 0.1) is 35.3 Å². The van der Waals surface area contributed by atoms with Crippen LogP contribution in [-0.2, 0) is 4.74 Å². The van der Waals surface area contributed by atoms with E-state index < -0.39 is 11.1 Å². The number of carbonyl (C=O) groups is 1. The number of nitro groups is 1. The van der Waals surface area contributed by atoms with Crippen LogP contribution < -0.4 is 10.1 Å². The van der Waals surface area contributed by atoms with Gasteiger partial charge in [0.25, 0.3) is 11.6 Å². The molecule has 0 bridgehead atoms. The Kier molecular flexibility index (Phi) is 4.98. The molecule has 0 aromatic heterocycles. The number of nitro benzene ring substituents is 1. The van der Waals surface area contributed by atoms with Gasteiger partial charge in [-0.05, 0) is 31.0 Å². The lowest BCUT2D eigenvalue weighted by atomic mass is 10.0. The quantitative estimate of drug-likeness (QED) is 0.587. The van der Waals surface area contributed by atoms with Crippen LogP contribution in [0.3, 0.4) is 0 Å². The molecule has 0 unspecified atom stereocenters. The molecule has 0 saturated carbocycles. The third-order valence-electron chi connectivity index (χ3n) is 5.27. The molecule has 0 aliphatic carbocycles. The molecule has 1 saturated heterocycles. The summed E-state index contributed by atoms with van der Waals surface area (Å²) in [5.41, 5.74) is 1.01. The molecule has 1 amide bonds. The van der Waals surface area contributed by atoms with E-state index in [0.717, 1.165) is 18.9 Å². The number of phenols is 1. The number of hydrogen-bond acceptors (Lipinski definition) is 7. The number of hydrogen-bond donors (Lipinski definition) is 2. The van der Waals surface area contributed by atoms with Gasteiger partial charge >= 0.3 is 0 Å².